The Kier molecular flexibility index (Phi) is 12.6. The zero-order chi connectivity index (χ0) is 34.8. The molecule has 2 aromatic carbocycles. The Hall–Kier alpha value is -4.54. The molecule has 49 heavy (non-hydrogen) atoms. The van der Waals surface area contributed by atoms with E-state index >= 15 is 0 Å². The highest BCUT2D eigenvalue weighted by Gasteiger charge is 2.20. The van der Waals surface area contributed by atoms with Crippen LogP contribution in [0, 0.1) is 0 Å². The van der Waals surface area contributed by atoms with E-state index in [0.29, 0.717) is 81.4 Å². The van der Waals surface area contributed by atoms with Gasteiger partial charge in [-0.3, -0.25) is 9.97 Å². The van der Waals surface area contributed by atoms with Crippen LogP contribution in [0.5, 0.6) is 11.8 Å². The molecule has 1 atom stereocenters. The lowest BCUT2D eigenvalue weighted by molar-refractivity contribution is 0.386. The van der Waals surface area contributed by atoms with Crippen molar-refractivity contribution in [2.75, 3.05) is 27.3 Å². The number of halogens is 2. The Bertz CT molecular complexity index is 1880. The lowest BCUT2D eigenvalue weighted by Crippen LogP contribution is -2.33. The van der Waals surface area contributed by atoms with E-state index < -0.39 is 0 Å². The summed E-state index contributed by atoms with van der Waals surface area (Å²) >= 11 is 14.1. The molecule has 0 spiro atoms. The van der Waals surface area contributed by atoms with Crippen LogP contribution in [0.15, 0.2) is 97.5 Å². The minimum absolute atomic E-state index is 0.362. The Morgan fingerprint density at radius 1 is 0.898 bits per heavy atom. The predicted octanol–water partition coefficient (Wildman–Crippen LogP) is 7.73. The molecule has 0 amide bonds. The molecule has 0 radical (unpaired) electrons. The summed E-state index contributed by atoms with van der Waals surface area (Å²) in [6.07, 6.45) is 13.2. The molecule has 254 valence electrons. The van der Waals surface area contributed by atoms with E-state index in [1.807, 2.05) is 61.5 Å². The Morgan fingerprint density at radius 2 is 1.45 bits per heavy atom. The second-order valence-electron chi connectivity index (χ2n) is 11.5. The highest BCUT2D eigenvalue weighted by molar-refractivity contribution is 6.39. The van der Waals surface area contributed by atoms with Crippen LogP contribution in [-0.4, -0.2) is 53.3 Å². The fourth-order valence-corrected chi connectivity index (χ4v) is 6.31. The number of hydrogen-bond acceptors (Lipinski definition) is 9. The van der Waals surface area contributed by atoms with Crippen LogP contribution in [0.2, 0.25) is 10.0 Å². The first-order chi connectivity index (χ1) is 23.9. The number of rotatable bonds is 15. The molecule has 9 nitrogen and oxygen atoms in total. The van der Waals surface area contributed by atoms with Gasteiger partial charge in [-0.1, -0.05) is 97.1 Å². The van der Waals surface area contributed by atoms with Gasteiger partial charge in [-0.05, 0) is 25.3 Å². The van der Waals surface area contributed by atoms with Crippen molar-refractivity contribution < 1.29 is 9.47 Å². The minimum Gasteiger partial charge on any atom is -0.480 e. The van der Waals surface area contributed by atoms with Gasteiger partial charge in [-0.25, -0.2) is 9.97 Å². The van der Waals surface area contributed by atoms with E-state index in [-0.39, 0.29) is 0 Å². The van der Waals surface area contributed by atoms with Crippen LogP contribution in [0.25, 0.3) is 33.6 Å². The molecule has 3 N–H and O–H groups in total. The van der Waals surface area contributed by atoms with Crippen LogP contribution in [-0.2, 0) is 13.1 Å². The van der Waals surface area contributed by atoms with Crippen LogP contribution in [0.3, 0.4) is 0 Å². The summed E-state index contributed by atoms with van der Waals surface area (Å²) in [7, 11) is 3.17. The van der Waals surface area contributed by atoms with Crippen molar-refractivity contribution in [3.05, 3.63) is 119 Å². The summed E-state index contributed by atoms with van der Waals surface area (Å²) in [6, 6.07) is 11.9. The number of methoxy groups -OCH3 is 2. The van der Waals surface area contributed by atoms with Gasteiger partial charge in [-0.15, -0.1) is 0 Å². The fraction of sp³-hybridized carbons (Fsp3) is 0.263. The molecule has 0 saturated carbocycles. The van der Waals surface area contributed by atoms with Gasteiger partial charge in [0, 0.05) is 60.2 Å². The molecule has 0 unspecified atom stereocenters. The fourth-order valence-electron chi connectivity index (χ4n) is 5.66. The first kappa shape index (κ1) is 35.8. The first-order valence-electron chi connectivity index (χ1n) is 16.0. The second-order valence-corrected chi connectivity index (χ2v) is 12.2. The van der Waals surface area contributed by atoms with E-state index in [4.69, 9.17) is 42.6 Å². The molecule has 11 heteroatoms. The summed E-state index contributed by atoms with van der Waals surface area (Å²) in [5.41, 5.74) is 7.64. The SMILES string of the molecule is C=C/C=C(\C=C/C)CNCc1ncc(-c2cccc(-c3cccc(-c4cnc(CNC[C@@H]5CCC(=C)N5)c(OC)n4)c3Cl)c2Cl)nc1OC. The summed E-state index contributed by atoms with van der Waals surface area (Å²) in [6.45, 7) is 12.2. The number of nitrogens with zero attached hydrogens (tertiary/aromatic N) is 4. The number of allylic oxidation sites excluding steroid dienone is 4. The molecule has 2 aromatic heterocycles. The lowest BCUT2D eigenvalue weighted by atomic mass is 9.98. The minimum atomic E-state index is 0.362. The van der Waals surface area contributed by atoms with E-state index in [9.17, 15) is 0 Å². The van der Waals surface area contributed by atoms with E-state index in [1.54, 1.807) is 32.7 Å². The van der Waals surface area contributed by atoms with Gasteiger partial charge >= 0.3 is 0 Å². The van der Waals surface area contributed by atoms with Crippen molar-refractivity contribution >= 4 is 23.2 Å². The number of nitrogens with one attached hydrogen (secondary N) is 3. The quantitative estimate of drug-likeness (QED) is 0.108. The Labute approximate surface area is 298 Å². The first-order valence-corrected chi connectivity index (χ1v) is 16.8. The number of benzene rings is 2. The Morgan fingerprint density at radius 3 is 1.94 bits per heavy atom. The van der Waals surface area contributed by atoms with Crippen LogP contribution < -0.4 is 25.4 Å². The van der Waals surface area contributed by atoms with Crippen molar-refractivity contribution in [1.29, 1.82) is 0 Å². The van der Waals surface area contributed by atoms with Crippen molar-refractivity contribution in [1.82, 2.24) is 35.9 Å². The van der Waals surface area contributed by atoms with Crippen molar-refractivity contribution in [2.45, 2.75) is 38.9 Å². The summed E-state index contributed by atoms with van der Waals surface area (Å²) in [4.78, 5) is 18.9. The van der Waals surface area contributed by atoms with Gasteiger partial charge in [0.1, 0.15) is 11.4 Å². The third-order valence-corrected chi connectivity index (χ3v) is 8.88. The topological polar surface area (TPSA) is 106 Å². The monoisotopic (exact) mass is 697 g/mol. The van der Waals surface area contributed by atoms with E-state index in [0.717, 1.165) is 41.8 Å². The van der Waals surface area contributed by atoms with E-state index in [1.165, 1.54) is 0 Å². The van der Waals surface area contributed by atoms with Crippen molar-refractivity contribution in [2.24, 2.45) is 0 Å². The maximum Gasteiger partial charge on any atom is 0.237 e. The number of ether oxygens (including phenoxy) is 2. The lowest BCUT2D eigenvalue weighted by Gasteiger charge is -2.15. The number of hydrogen-bond donors (Lipinski definition) is 3. The highest BCUT2D eigenvalue weighted by atomic mass is 35.5. The summed E-state index contributed by atoms with van der Waals surface area (Å²) < 4.78 is 11.2. The molecule has 1 aliphatic heterocycles. The molecular weight excluding hydrogens is 657 g/mol. The van der Waals surface area contributed by atoms with Crippen molar-refractivity contribution in [3.63, 3.8) is 0 Å². The molecule has 4 aromatic rings. The Balaban J connectivity index is 1.36. The van der Waals surface area contributed by atoms with Gasteiger partial charge < -0.3 is 25.4 Å². The maximum atomic E-state index is 7.07. The number of aromatic nitrogens is 4. The molecule has 3 heterocycles. The molecule has 5 rings (SSSR count). The molecule has 0 bridgehead atoms. The van der Waals surface area contributed by atoms with Crippen molar-refractivity contribution in [3.8, 4) is 45.4 Å². The molecule has 1 fully saturated rings. The zero-order valence-corrected chi connectivity index (χ0v) is 29.5. The third-order valence-electron chi connectivity index (χ3n) is 8.07. The summed E-state index contributed by atoms with van der Waals surface area (Å²) in [5, 5.41) is 11.2. The molecule has 0 aliphatic carbocycles. The smallest absolute Gasteiger partial charge is 0.237 e. The summed E-state index contributed by atoms with van der Waals surface area (Å²) in [5.74, 6) is 0.854. The standard InChI is InChI=1S/C38H41Cl2N7O2/c1-6-10-25(11-7-2)18-41-20-33-37(48-4)46-31(22-43-33)29-14-8-12-27(35(29)39)28-13-9-15-30(36(28)40)32-23-44-34(38(47-32)49-5)21-42-19-26-17-16-24(3)45-26/h6-15,22-23,26,41-42,45H,1,3,16-21H2,2,4-5H3/b11-7-,25-10+/t26-/m0/s1. The zero-order valence-electron chi connectivity index (χ0n) is 28.0. The van der Waals surface area contributed by atoms with E-state index in [2.05, 4.69) is 39.1 Å². The van der Waals surface area contributed by atoms with Gasteiger partial charge in [-0.2, -0.15) is 0 Å². The van der Waals surface area contributed by atoms with Gasteiger partial charge in [0.25, 0.3) is 0 Å². The average molecular weight is 699 g/mol. The van der Waals surface area contributed by atoms with Crippen LogP contribution in [0.1, 0.15) is 31.2 Å². The highest BCUT2D eigenvalue weighted by Crippen LogP contribution is 2.42. The molecular formula is C38H41Cl2N7O2. The van der Waals surface area contributed by atoms with Gasteiger partial charge in [0.15, 0.2) is 0 Å². The maximum absolute atomic E-state index is 7.07. The van der Waals surface area contributed by atoms with Crippen LogP contribution >= 0.6 is 23.2 Å². The largest absolute Gasteiger partial charge is 0.480 e. The third kappa shape index (κ3) is 8.74. The van der Waals surface area contributed by atoms with Gasteiger partial charge in [0.05, 0.1) is 48.0 Å². The average Bonchev–Trinajstić information content (AvgIpc) is 3.53. The normalized spacial score (nSPS) is 14.7. The van der Waals surface area contributed by atoms with Crippen LogP contribution in [0.4, 0.5) is 0 Å². The second kappa shape index (κ2) is 17.2. The van der Waals surface area contributed by atoms with Gasteiger partial charge in [0.2, 0.25) is 11.8 Å². The predicted molar refractivity (Wildman–Crippen MR) is 199 cm³/mol. The molecule has 1 saturated heterocycles. The molecule has 1 aliphatic rings.